The molecule has 282 valence electrons. The number of hydrogen-bond acceptors (Lipinski definition) is 10. The molecule has 3 unspecified atom stereocenters. The average molecular weight is 717 g/mol. The summed E-state index contributed by atoms with van der Waals surface area (Å²) in [5, 5.41) is 37.1. The number of piperidine rings is 1. The van der Waals surface area contributed by atoms with E-state index in [0.29, 0.717) is 61.9 Å². The Morgan fingerprint density at radius 3 is 2.35 bits per heavy atom. The number of rotatable bonds is 12. The summed E-state index contributed by atoms with van der Waals surface area (Å²) in [6.45, 7) is 9.24. The molecule has 0 radical (unpaired) electrons. The van der Waals surface area contributed by atoms with Crippen LogP contribution in [0.2, 0.25) is 0 Å². The number of likely N-dealkylation sites (N-methyl/N-ethyl adjacent to an activating group) is 1. The van der Waals surface area contributed by atoms with Crippen molar-refractivity contribution < 1.29 is 39.1 Å². The molecule has 6 aliphatic rings. The van der Waals surface area contributed by atoms with Gasteiger partial charge < -0.3 is 34.4 Å². The summed E-state index contributed by atoms with van der Waals surface area (Å²) in [5.74, 6) is -1.64. The molecule has 8 rings (SSSR count). The summed E-state index contributed by atoms with van der Waals surface area (Å²) in [6.07, 6.45) is 1.92. The zero-order chi connectivity index (χ0) is 36.8. The number of hydrogen-bond donors (Lipinski definition) is 3. The molecule has 0 amide bonds. The van der Waals surface area contributed by atoms with E-state index in [1.165, 1.54) is 0 Å². The van der Waals surface area contributed by atoms with Crippen molar-refractivity contribution in [1.82, 2.24) is 4.90 Å². The molecular weight excluding hydrogens is 660 g/mol. The fourth-order valence-corrected chi connectivity index (χ4v) is 13.4. The second kappa shape index (κ2) is 12.9. The standard InChI is InChI=1S/C42H56N2O8/c1-6-43(7-2)28-15-13-25(14-16-28)32(46)19-26-11-9-10-12-29(26)38(47)52-39-18-17-27(23-45)41-34(39)21-31(36(41)44(8-3)24-39)40(48)22-33(50-4)30-20-35(41)42(40,49)37(30)51-5/h9-16,27,30-31,33-37,45,48-49H,6-8,17-24H2,1-5H3/t27-,30-,31+,33+,34?,35?,36?,37+,39-,40+,41+,42+/m1/s1. The molecule has 5 saturated carbocycles. The van der Waals surface area contributed by atoms with Crippen LogP contribution < -0.4 is 4.90 Å². The number of aliphatic hydroxyl groups excluding tert-OH is 1. The second-order valence-electron chi connectivity index (χ2n) is 16.6. The highest BCUT2D eigenvalue weighted by Crippen LogP contribution is 2.80. The van der Waals surface area contributed by atoms with Crippen LogP contribution in [-0.4, -0.2) is 114 Å². The molecule has 1 spiro atoms. The summed E-state index contributed by atoms with van der Waals surface area (Å²) in [7, 11) is 3.29. The first kappa shape index (κ1) is 36.1. The Morgan fingerprint density at radius 2 is 1.69 bits per heavy atom. The smallest absolute Gasteiger partial charge is 0.339 e. The highest BCUT2D eigenvalue weighted by atomic mass is 16.6. The number of benzene rings is 2. The first-order valence-corrected chi connectivity index (χ1v) is 19.6. The largest absolute Gasteiger partial charge is 0.454 e. The maximum Gasteiger partial charge on any atom is 0.339 e. The van der Waals surface area contributed by atoms with Crippen molar-refractivity contribution in [2.45, 2.75) is 94.3 Å². The van der Waals surface area contributed by atoms with E-state index < -0.39 is 34.3 Å². The number of fused-ring (bicyclic) bond motifs is 2. The minimum atomic E-state index is -1.52. The third-order valence-electron chi connectivity index (χ3n) is 15.3. The van der Waals surface area contributed by atoms with Crippen LogP contribution in [-0.2, 0) is 20.6 Å². The lowest BCUT2D eigenvalue weighted by molar-refractivity contribution is -0.333. The van der Waals surface area contributed by atoms with Gasteiger partial charge in [-0.15, -0.1) is 0 Å². The molecular formula is C42H56N2O8. The summed E-state index contributed by atoms with van der Waals surface area (Å²) < 4.78 is 19.0. The molecule has 7 bridgehead atoms. The van der Waals surface area contributed by atoms with Crippen LogP contribution in [0.5, 0.6) is 0 Å². The minimum Gasteiger partial charge on any atom is -0.454 e. The first-order valence-electron chi connectivity index (χ1n) is 19.6. The fraction of sp³-hybridized carbons (Fsp3) is 0.667. The number of anilines is 1. The molecule has 10 nitrogen and oxygen atoms in total. The molecule has 52 heavy (non-hydrogen) atoms. The molecule has 2 aromatic carbocycles. The third kappa shape index (κ3) is 4.57. The van der Waals surface area contributed by atoms with Gasteiger partial charge in [0.2, 0.25) is 0 Å². The van der Waals surface area contributed by atoms with Gasteiger partial charge in [0.05, 0.1) is 17.8 Å². The quantitative estimate of drug-likeness (QED) is 0.218. The number of nitrogens with zero attached hydrogens (tertiary/aromatic N) is 2. The lowest BCUT2D eigenvalue weighted by Gasteiger charge is -2.71. The van der Waals surface area contributed by atoms with Gasteiger partial charge in [0.15, 0.2) is 5.78 Å². The first-order chi connectivity index (χ1) is 25.0. The highest BCUT2D eigenvalue weighted by molar-refractivity contribution is 6.00. The number of aliphatic hydroxyl groups is 3. The Kier molecular flexibility index (Phi) is 8.95. The maximum atomic E-state index is 14.6. The molecule has 1 heterocycles. The zero-order valence-corrected chi connectivity index (χ0v) is 31.3. The molecule has 12 atom stereocenters. The van der Waals surface area contributed by atoms with E-state index in [2.05, 4.69) is 30.6 Å². The van der Waals surface area contributed by atoms with Crippen LogP contribution in [0.1, 0.15) is 79.2 Å². The summed E-state index contributed by atoms with van der Waals surface area (Å²) in [6, 6.07) is 14.8. The number of methoxy groups -OCH3 is 2. The van der Waals surface area contributed by atoms with Crippen LogP contribution in [0.4, 0.5) is 5.69 Å². The van der Waals surface area contributed by atoms with Crippen LogP contribution in [0.3, 0.4) is 0 Å². The van der Waals surface area contributed by atoms with Gasteiger partial charge in [-0.1, -0.05) is 25.1 Å². The van der Waals surface area contributed by atoms with Gasteiger partial charge in [-0.05, 0) is 87.9 Å². The van der Waals surface area contributed by atoms with E-state index in [1.807, 2.05) is 42.5 Å². The van der Waals surface area contributed by atoms with Crippen molar-refractivity contribution in [3.8, 4) is 0 Å². The number of likely N-dealkylation sites (tertiary alicyclic amines) is 1. The Balaban J connectivity index is 1.14. The molecule has 1 saturated heterocycles. The van der Waals surface area contributed by atoms with Crippen LogP contribution >= 0.6 is 0 Å². The van der Waals surface area contributed by atoms with Crippen LogP contribution in [0.15, 0.2) is 48.5 Å². The fourth-order valence-electron chi connectivity index (χ4n) is 13.4. The molecule has 6 fully saturated rings. The summed E-state index contributed by atoms with van der Waals surface area (Å²) in [4.78, 5) is 32.8. The van der Waals surface area contributed by atoms with Crippen molar-refractivity contribution in [1.29, 1.82) is 0 Å². The van der Waals surface area contributed by atoms with Crippen molar-refractivity contribution in [3.05, 3.63) is 65.2 Å². The van der Waals surface area contributed by atoms with E-state index in [1.54, 1.807) is 20.3 Å². The van der Waals surface area contributed by atoms with E-state index in [9.17, 15) is 24.9 Å². The predicted octanol–water partition coefficient (Wildman–Crippen LogP) is 4.13. The Morgan fingerprint density at radius 1 is 0.962 bits per heavy atom. The van der Waals surface area contributed by atoms with Crippen molar-refractivity contribution in [2.24, 2.45) is 35.0 Å². The van der Waals surface area contributed by atoms with Gasteiger partial charge in [-0.2, -0.15) is 0 Å². The third-order valence-corrected chi connectivity index (χ3v) is 15.3. The van der Waals surface area contributed by atoms with E-state index in [-0.39, 0.29) is 60.5 Å². The van der Waals surface area contributed by atoms with E-state index in [4.69, 9.17) is 14.2 Å². The molecule has 1 aliphatic heterocycles. The zero-order valence-electron chi connectivity index (χ0n) is 31.3. The summed E-state index contributed by atoms with van der Waals surface area (Å²) in [5.41, 5.74) is -1.82. The molecule has 5 aliphatic carbocycles. The van der Waals surface area contributed by atoms with Gasteiger partial charge in [0.1, 0.15) is 16.8 Å². The molecule has 0 aromatic heterocycles. The van der Waals surface area contributed by atoms with Crippen molar-refractivity contribution in [3.63, 3.8) is 0 Å². The van der Waals surface area contributed by atoms with Crippen molar-refractivity contribution >= 4 is 17.4 Å². The number of Topliss-reactive ketones (excluding diaryl/α,β-unsaturated/α-hetero) is 1. The van der Waals surface area contributed by atoms with E-state index >= 15 is 0 Å². The monoisotopic (exact) mass is 716 g/mol. The van der Waals surface area contributed by atoms with Gasteiger partial charge in [0.25, 0.3) is 0 Å². The van der Waals surface area contributed by atoms with Gasteiger partial charge in [-0.25, -0.2) is 4.79 Å². The number of carbonyl (C=O) groups excluding carboxylic acids is 2. The van der Waals surface area contributed by atoms with Crippen LogP contribution in [0.25, 0.3) is 0 Å². The molecule has 10 heteroatoms. The number of ketones is 1. The Hall–Kier alpha value is -2.86. The Labute approximate surface area is 307 Å². The SMILES string of the molecule is CCN(CC)c1ccc(C(=O)Cc2ccccc2C(=O)O[C@@]23CC[C@H](CO)[C@]45C([C@H](CC24)[C@@]2(O)C[C@H](OC)[C@H]4CC5[C@]2(O)[C@H]4OC)N(CC)C3)cc1. The second-order valence-corrected chi connectivity index (χ2v) is 16.6. The lowest BCUT2D eigenvalue weighted by atomic mass is 9.42. The Bertz CT molecular complexity index is 1700. The van der Waals surface area contributed by atoms with Gasteiger partial charge >= 0.3 is 5.97 Å². The van der Waals surface area contributed by atoms with Crippen LogP contribution in [0, 0.1) is 35.0 Å². The van der Waals surface area contributed by atoms with Crippen molar-refractivity contribution in [2.75, 3.05) is 51.9 Å². The highest BCUT2D eigenvalue weighted by Gasteiger charge is 2.88. The minimum absolute atomic E-state index is 0.0385. The number of esters is 1. The maximum absolute atomic E-state index is 14.6. The average Bonchev–Trinajstić information content (AvgIpc) is 3.58. The number of carbonyl (C=O) groups is 2. The molecule has 2 aromatic rings. The predicted molar refractivity (Wildman–Crippen MR) is 195 cm³/mol. The molecule has 3 N–H and O–H groups in total. The summed E-state index contributed by atoms with van der Waals surface area (Å²) >= 11 is 0. The lowest BCUT2D eigenvalue weighted by Crippen LogP contribution is -2.82. The van der Waals surface area contributed by atoms with E-state index in [0.717, 1.165) is 18.8 Å². The van der Waals surface area contributed by atoms with Gasteiger partial charge in [-0.3, -0.25) is 9.69 Å². The number of ether oxygens (including phenoxy) is 3. The van der Waals surface area contributed by atoms with Gasteiger partial charge in [0, 0.05) is 99.7 Å². The normalized spacial score (nSPS) is 41.2. The topological polar surface area (TPSA) is 129 Å².